The van der Waals surface area contributed by atoms with Gasteiger partial charge in [-0.2, -0.15) is 0 Å². The molecule has 0 aliphatic rings. The average molecular weight is 631 g/mol. The minimum atomic E-state index is -0.743. The highest BCUT2D eigenvalue weighted by Gasteiger charge is 2.37. The molecule has 0 amide bonds. The van der Waals surface area contributed by atoms with E-state index < -0.39 is 5.60 Å². The van der Waals surface area contributed by atoms with Crippen LogP contribution in [0.25, 0.3) is 0 Å². The molecule has 8 nitrogen and oxygen atoms in total. The number of alkyl halides is 1. The summed E-state index contributed by atoms with van der Waals surface area (Å²) in [5.74, 6) is 0.498. The zero-order valence-electron chi connectivity index (χ0n) is 25.6. The van der Waals surface area contributed by atoms with Crippen LogP contribution in [0.15, 0.2) is 91.0 Å². The Kier molecular flexibility index (Phi) is 19.6. The van der Waals surface area contributed by atoms with Gasteiger partial charge in [-0.05, 0) is 16.7 Å². The molecule has 0 saturated carbocycles. The summed E-state index contributed by atoms with van der Waals surface area (Å²) in [4.78, 5) is 0. The fraction of sp³-hybridized carbons (Fsp3) is 0.486. The van der Waals surface area contributed by atoms with Crippen LogP contribution in [-0.2, 0) is 43.5 Å². The standard InChI is InChI=1S/C35H47ClO8/c36-16-17-37-18-19-38-20-21-39-22-23-40-24-25-41-26-27-42-28-29-43-30-31-44-35(32-10-4-1-5-11-32,33-12-6-2-7-13-33)34-14-8-3-9-15-34/h1-15H,16-31H2. The van der Waals surface area contributed by atoms with Gasteiger partial charge < -0.3 is 37.9 Å². The predicted molar refractivity (Wildman–Crippen MR) is 172 cm³/mol. The van der Waals surface area contributed by atoms with E-state index in [2.05, 4.69) is 36.4 Å². The fourth-order valence-electron chi connectivity index (χ4n) is 4.50. The molecule has 0 spiro atoms. The van der Waals surface area contributed by atoms with E-state index in [4.69, 9.17) is 49.5 Å². The van der Waals surface area contributed by atoms with Gasteiger partial charge in [0.15, 0.2) is 0 Å². The highest BCUT2D eigenvalue weighted by Crippen LogP contribution is 2.40. The number of hydrogen-bond donors (Lipinski definition) is 0. The summed E-state index contributed by atoms with van der Waals surface area (Å²) in [6, 6.07) is 31.0. The van der Waals surface area contributed by atoms with Crippen LogP contribution >= 0.6 is 11.6 Å². The first kappa shape index (κ1) is 36.1. The molecule has 44 heavy (non-hydrogen) atoms. The number of halogens is 1. The molecule has 0 N–H and O–H groups in total. The van der Waals surface area contributed by atoms with Gasteiger partial charge in [-0.1, -0.05) is 91.0 Å². The lowest BCUT2D eigenvalue weighted by molar-refractivity contribution is -0.0397. The zero-order valence-corrected chi connectivity index (χ0v) is 26.4. The Hall–Kier alpha value is -2.37. The molecule has 3 aromatic carbocycles. The smallest absolute Gasteiger partial charge is 0.143 e. The van der Waals surface area contributed by atoms with Crippen LogP contribution in [0.5, 0.6) is 0 Å². The van der Waals surface area contributed by atoms with Crippen LogP contribution in [0.2, 0.25) is 0 Å². The van der Waals surface area contributed by atoms with Crippen LogP contribution < -0.4 is 0 Å². The van der Waals surface area contributed by atoms with E-state index in [1.807, 2.05) is 54.6 Å². The number of rotatable bonds is 27. The molecule has 0 saturated heterocycles. The Morgan fingerprint density at radius 2 is 0.591 bits per heavy atom. The molecular formula is C35H47ClO8. The van der Waals surface area contributed by atoms with E-state index >= 15 is 0 Å². The minimum Gasteiger partial charge on any atom is -0.378 e. The van der Waals surface area contributed by atoms with Gasteiger partial charge in [0.05, 0.1) is 99.1 Å². The van der Waals surface area contributed by atoms with Crippen molar-refractivity contribution < 1.29 is 37.9 Å². The highest BCUT2D eigenvalue weighted by molar-refractivity contribution is 6.17. The largest absolute Gasteiger partial charge is 0.378 e. The Balaban J connectivity index is 1.21. The third-order valence-corrected chi connectivity index (χ3v) is 6.70. The maximum atomic E-state index is 6.71. The zero-order chi connectivity index (χ0) is 30.8. The van der Waals surface area contributed by atoms with Crippen LogP contribution in [0.3, 0.4) is 0 Å². The van der Waals surface area contributed by atoms with E-state index in [1.165, 1.54) is 0 Å². The topological polar surface area (TPSA) is 73.8 Å². The summed E-state index contributed by atoms with van der Waals surface area (Å²) >= 11 is 5.53. The maximum absolute atomic E-state index is 6.71. The monoisotopic (exact) mass is 630 g/mol. The number of hydrogen-bond acceptors (Lipinski definition) is 8. The van der Waals surface area contributed by atoms with Crippen molar-refractivity contribution >= 4 is 11.6 Å². The van der Waals surface area contributed by atoms with E-state index in [0.717, 1.165) is 16.7 Å². The van der Waals surface area contributed by atoms with Gasteiger partial charge >= 0.3 is 0 Å². The molecule has 0 radical (unpaired) electrons. The second kappa shape index (κ2) is 23.9. The molecule has 0 aliphatic carbocycles. The molecule has 3 rings (SSSR count). The van der Waals surface area contributed by atoms with E-state index in [0.29, 0.717) is 105 Å². The summed E-state index contributed by atoms with van der Waals surface area (Å²) in [5, 5.41) is 0. The summed E-state index contributed by atoms with van der Waals surface area (Å²) in [5.41, 5.74) is 2.47. The second-order valence-corrected chi connectivity index (χ2v) is 9.98. The van der Waals surface area contributed by atoms with Crippen molar-refractivity contribution in [3.8, 4) is 0 Å². The lowest BCUT2D eigenvalue weighted by Crippen LogP contribution is -2.34. The molecule has 0 bridgehead atoms. The quantitative estimate of drug-likeness (QED) is 0.0634. The molecule has 242 valence electrons. The van der Waals surface area contributed by atoms with Gasteiger partial charge in [-0.25, -0.2) is 0 Å². The number of benzene rings is 3. The summed E-state index contributed by atoms with van der Waals surface area (Å²) in [7, 11) is 0. The average Bonchev–Trinajstić information content (AvgIpc) is 3.08. The van der Waals surface area contributed by atoms with Crippen LogP contribution in [0.4, 0.5) is 0 Å². The first-order valence-electron chi connectivity index (χ1n) is 15.3. The molecular weight excluding hydrogens is 584 g/mol. The van der Waals surface area contributed by atoms with Crippen LogP contribution in [0, 0.1) is 0 Å². The molecule has 0 fully saturated rings. The molecule has 0 aliphatic heterocycles. The Morgan fingerprint density at radius 1 is 0.341 bits per heavy atom. The highest BCUT2D eigenvalue weighted by atomic mass is 35.5. The van der Waals surface area contributed by atoms with Gasteiger partial charge in [0.1, 0.15) is 5.60 Å². The van der Waals surface area contributed by atoms with E-state index in [1.54, 1.807) is 0 Å². The van der Waals surface area contributed by atoms with Gasteiger partial charge in [0.25, 0.3) is 0 Å². The van der Waals surface area contributed by atoms with Crippen molar-refractivity contribution in [1.29, 1.82) is 0 Å². The van der Waals surface area contributed by atoms with Crippen molar-refractivity contribution in [3.05, 3.63) is 108 Å². The minimum absolute atomic E-state index is 0.422. The van der Waals surface area contributed by atoms with Crippen molar-refractivity contribution in [2.24, 2.45) is 0 Å². The Morgan fingerprint density at radius 3 is 0.864 bits per heavy atom. The summed E-state index contributed by atoms with van der Waals surface area (Å²) in [6.45, 7) is 7.59. The third-order valence-electron chi connectivity index (χ3n) is 6.54. The lowest BCUT2D eigenvalue weighted by atomic mass is 9.80. The van der Waals surface area contributed by atoms with Crippen molar-refractivity contribution in [2.75, 3.05) is 105 Å². The first-order chi connectivity index (χ1) is 21.9. The van der Waals surface area contributed by atoms with Crippen molar-refractivity contribution in [2.45, 2.75) is 5.60 Å². The van der Waals surface area contributed by atoms with Gasteiger partial charge in [-0.15, -0.1) is 11.6 Å². The summed E-state index contributed by atoms with van der Waals surface area (Å²) in [6.07, 6.45) is 0. The van der Waals surface area contributed by atoms with Crippen LogP contribution in [0.1, 0.15) is 16.7 Å². The van der Waals surface area contributed by atoms with Crippen molar-refractivity contribution in [3.63, 3.8) is 0 Å². The Labute approximate surface area is 267 Å². The molecule has 0 unspecified atom stereocenters. The predicted octanol–water partition coefficient (Wildman–Crippen LogP) is 5.35. The molecule has 0 heterocycles. The molecule has 9 heteroatoms. The Bertz CT molecular complexity index is 961. The fourth-order valence-corrected chi connectivity index (χ4v) is 4.61. The van der Waals surface area contributed by atoms with Gasteiger partial charge in [-0.3, -0.25) is 0 Å². The van der Waals surface area contributed by atoms with E-state index in [-0.39, 0.29) is 0 Å². The van der Waals surface area contributed by atoms with Gasteiger partial charge in [0.2, 0.25) is 0 Å². The van der Waals surface area contributed by atoms with Gasteiger partial charge in [0, 0.05) is 5.88 Å². The molecule has 0 atom stereocenters. The lowest BCUT2D eigenvalue weighted by Gasteiger charge is -2.36. The maximum Gasteiger partial charge on any atom is 0.143 e. The van der Waals surface area contributed by atoms with E-state index in [9.17, 15) is 0 Å². The second-order valence-electron chi connectivity index (χ2n) is 9.60. The molecule has 0 aromatic heterocycles. The third kappa shape index (κ3) is 13.7. The summed E-state index contributed by atoms with van der Waals surface area (Å²) < 4.78 is 45.3. The van der Waals surface area contributed by atoms with Crippen molar-refractivity contribution in [1.82, 2.24) is 0 Å². The molecule has 3 aromatic rings. The van der Waals surface area contributed by atoms with Crippen LogP contribution in [-0.4, -0.2) is 105 Å². The SMILES string of the molecule is ClCCOCCOCCOCCOCCOCCOCCOCCOC(c1ccccc1)(c1ccccc1)c1ccccc1. The number of ether oxygens (including phenoxy) is 8. The normalized spacial score (nSPS) is 11.7. The first-order valence-corrected chi connectivity index (χ1v) is 15.8.